The molecule has 1 aliphatic rings. The van der Waals surface area contributed by atoms with Crippen LogP contribution in [-0.4, -0.2) is 0 Å². The van der Waals surface area contributed by atoms with Gasteiger partial charge in [-0.3, -0.25) is 0 Å². The SMILES string of the molecule is c1ccc2c3c(ccc2c1)Cc1c-3ccc2c1sc1ccccc12. The highest BCUT2D eigenvalue weighted by molar-refractivity contribution is 7.26. The molecule has 6 rings (SSSR count). The summed E-state index contributed by atoms with van der Waals surface area (Å²) in [7, 11) is 0. The van der Waals surface area contributed by atoms with Gasteiger partial charge >= 0.3 is 0 Å². The second-order valence-corrected chi connectivity index (χ2v) is 7.62. The Kier molecular flexibility index (Phi) is 2.37. The number of thiophene rings is 1. The highest BCUT2D eigenvalue weighted by atomic mass is 32.1. The number of rotatable bonds is 0. The van der Waals surface area contributed by atoms with E-state index in [1.165, 1.54) is 53.2 Å². The summed E-state index contributed by atoms with van der Waals surface area (Å²) < 4.78 is 2.86. The van der Waals surface area contributed by atoms with Crippen LogP contribution < -0.4 is 0 Å². The van der Waals surface area contributed by atoms with E-state index in [0.717, 1.165) is 6.42 Å². The van der Waals surface area contributed by atoms with E-state index in [0.29, 0.717) is 0 Å². The fourth-order valence-electron chi connectivity index (χ4n) is 4.23. The Morgan fingerprint density at radius 1 is 0.667 bits per heavy atom. The van der Waals surface area contributed by atoms with Crippen LogP contribution in [0.1, 0.15) is 11.1 Å². The van der Waals surface area contributed by atoms with Gasteiger partial charge in [-0.2, -0.15) is 0 Å². The average molecular weight is 322 g/mol. The molecular weight excluding hydrogens is 308 g/mol. The zero-order chi connectivity index (χ0) is 15.7. The lowest BCUT2D eigenvalue weighted by Crippen LogP contribution is -1.81. The third-order valence-electron chi connectivity index (χ3n) is 5.30. The molecule has 5 aromatic rings. The largest absolute Gasteiger partial charge is 0.135 e. The van der Waals surface area contributed by atoms with Crippen LogP contribution in [-0.2, 0) is 6.42 Å². The van der Waals surface area contributed by atoms with Gasteiger partial charge in [0, 0.05) is 26.6 Å². The number of benzene rings is 4. The summed E-state index contributed by atoms with van der Waals surface area (Å²) >= 11 is 1.94. The molecule has 0 nitrogen and oxygen atoms in total. The quantitative estimate of drug-likeness (QED) is 0.289. The van der Waals surface area contributed by atoms with Gasteiger partial charge in [0.05, 0.1) is 0 Å². The van der Waals surface area contributed by atoms with E-state index >= 15 is 0 Å². The summed E-state index contributed by atoms with van der Waals surface area (Å²) in [5.74, 6) is 0. The molecule has 0 fully saturated rings. The molecule has 0 N–H and O–H groups in total. The minimum Gasteiger partial charge on any atom is -0.135 e. The zero-order valence-electron chi connectivity index (χ0n) is 13.0. The minimum absolute atomic E-state index is 1.06. The average Bonchev–Trinajstić information content (AvgIpc) is 3.20. The van der Waals surface area contributed by atoms with Gasteiger partial charge in [-0.25, -0.2) is 0 Å². The molecule has 1 heterocycles. The fraction of sp³-hybridized carbons (Fsp3) is 0.0435. The molecule has 1 heteroatoms. The maximum absolute atomic E-state index is 2.34. The van der Waals surface area contributed by atoms with Crippen molar-refractivity contribution in [3.63, 3.8) is 0 Å². The Labute approximate surface area is 144 Å². The molecule has 1 aliphatic carbocycles. The highest BCUT2D eigenvalue weighted by Crippen LogP contribution is 2.47. The second kappa shape index (κ2) is 4.46. The highest BCUT2D eigenvalue weighted by Gasteiger charge is 2.23. The van der Waals surface area contributed by atoms with E-state index in [-0.39, 0.29) is 0 Å². The lowest BCUT2D eigenvalue weighted by molar-refractivity contribution is 1.29. The molecule has 0 spiro atoms. The van der Waals surface area contributed by atoms with Gasteiger partial charge in [0.15, 0.2) is 0 Å². The van der Waals surface area contributed by atoms with Crippen molar-refractivity contribution in [2.24, 2.45) is 0 Å². The van der Waals surface area contributed by atoms with Gasteiger partial charge in [-0.05, 0) is 39.1 Å². The summed E-state index contributed by atoms with van der Waals surface area (Å²) in [5.41, 5.74) is 5.86. The van der Waals surface area contributed by atoms with Gasteiger partial charge in [-0.15, -0.1) is 11.3 Å². The standard InChI is InChI=1S/C23H14S/c1-2-6-16-14(5-1)9-10-15-13-20-18(22(15)16)11-12-19-17-7-3-4-8-21(17)24-23(19)20/h1-12H,13H2. The molecule has 0 saturated heterocycles. The van der Waals surface area contributed by atoms with Crippen LogP contribution in [0.25, 0.3) is 42.1 Å². The molecule has 0 aliphatic heterocycles. The topological polar surface area (TPSA) is 0 Å². The van der Waals surface area contributed by atoms with Crippen LogP contribution in [0.2, 0.25) is 0 Å². The molecule has 0 radical (unpaired) electrons. The van der Waals surface area contributed by atoms with Crippen LogP contribution in [0, 0.1) is 0 Å². The van der Waals surface area contributed by atoms with Gasteiger partial charge in [0.25, 0.3) is 0 Å². The van der Waals surface area contributed by atoms with Gasteiger partial charge in [0.2, 0.25) is 0 Å². The van der Waals surface area contributed by atoms with Crippen molar-refractivity contribution in [2.45, 2.75) is 6.42 Å². The van der Waals surface area contributed by atoms with Crippen LogP contribution in [0.15, 0.2) is 72.8 Å². The first-order valence-electron chi connectivity index (χ1n) is 8.34. The molecular formula is C23H14S. The zero-order valence-corrected chi connectivity index (χ0v) is 13.9. The predicted octanol–water partition coefficient (Wildman–Crippen LogP) is 6.78. The van der Waals surface area contributed by atoms with Crippen LogP contribution >= 0.6 is 11.3 Å². The first-order valence-corrected chi connectivity index (χ1v) is 9.16. The van der Waals surface area contributed by atoms with E-state index in [4.69, 9.17) is 0 Å². The Bertz CT molecular complexity index is 1270. The fourth-order valence-corrected chi connectivity index (χ4v) is 5.47. The number of hydrogen-bond donors (Lipinski definition) is 0. The molecule has 112 valence electrons. The Morgan fingerprint density at radius 2 is 1.50 bits per heavy atom. The van der Waals surface area contributed by atoms with E-state index < -0.39 is 0 Å². The molecule has 24 heavy (non-hydrogen) atoms. The van der Waals surface area contributed by atoms with Crippen LogP contribution in [0.5, 0.6) is 0 Å². The second-order valence-electron chi connectivity index (χ2n) is 6.56. The molecule has 0 saturated carbocycles. The Morgan fingerprint density at radius 3 is 2.46 bits per heavy atom. The lowest BCUT2D eigenvalue weighted by atomic mass is 9.97. The van der Waals surface area contributed by atoms with Gasteiger partial charge < -0.3 is 0 Å². The van der Waals surface area contributed by atoms with E-state index in [2.05, 4.69) is 72.8 Å². The third kappa shape index (κ3) is 1.53. The van der Waals surface area contributed by atoms with Crippen LogP contribution in [0.3, 0.4) is 0 Å². The van der Waals surface area contributed by atoms with Gasteiger partial charge in [0.1, 0.15) is 0 Å². The molecule has 0 atom stereocenters. The first kappa shape index (κ1) is 12.7. The third-order valence-corrected chi connectivity index (χ3v) is 6.55. The van der Waals surface area contributed by atoms with Crippen molar-refractivity contribution in [3.05, 3.63) is 83.9 Å². The summed E-state index contributed by atoms with van der Waals surface area (Å²) in [4.78, 5) is 0. The summed E-state index contributed by atoms with van der Waals surface area (Å²) in [6.45, 7) is 0. The van der Waals surface area contributed by atoms with Crippen molar-refractivity contribution in [2.75, 3.05) is 0 Å². The maximum atomic E-state index is 2.34. The van der Waals surface area contributed by atoms with Crippen molar-refractivity contribution >= 4 is 42.3 Å². The van der Waals surface area contributed by atoms with Crippen molar-refractivity contribution in [1.29, 1.82) is 0 Å². The smallest absolute Gasteiger partial charge is 0.0396 e. The van der Waals surface area contributed by atoms with Crippen molar-refractivity contribution in [1.82, 2.24) is 0 Å². The Balaban J connectivity index is 1.76. The lowest BCUT2D eigenvalue weighted by Gasteiger charge is -2.06. The normalized spacial score (nSPS) is 12.8. The summed E-state index contributed by atoms with van der Waals surface area (Å²) in [6, 6.07) is 26.8. The van der Waals surface area contributed by atoms with Crippen molar-refractivity contribution < 1.29 is 0 Å². The Hall–Kier alpha value is -2.64. The monoisotopic (exact) mass is 322 g/mol. The van der Waals surface area contributed by atoms with E-state index in [1.54, 1.807) is 0 Å². The molecule has 1 aromatic heterocycles. The predicted molar refractivity (Wildman–Crippen MR) is 105 cm³/mol. The van der Waals surface area contributed by atoms with E-state index in [1.807, 2.05) is 11.3 Å². The maximum Gasteiger partial charge on any atom is 0.0396 e. The summed E-state index contributed by atoms with van der Waals surface area (Å²) in [5, 5.41) is 5.52. The molecule has 4 aromatic carbocycles. The van der Waals surface area contributed by atoms with Gasteiger partial charge in [-0.1, -0.05) is 66.7 Å². The number of fused-ring (bicyclic) bond motifs is 9. The number of hydrogen-bond acceptors (Lipinski definition) is 1. The molecule has 0 unspecified atom stereocenters. The first-order chi connectivity index (χ1) is 11.9. The van der Waals surface area contributed by atoms with Crippen LogP contribution in [0.4, 0.5) is 0 Å². The van der Waals surface area contributed by atoms with E-state index in [9.17, 15) is 0 Å². The molecule has 0 bridgehead atoms. The minimum atomic E-state index is 1.06. The summed E-state index contributed by atoms with van der Waals surface area (Å²) in [6.07, 6.45) is 1.06. The molecule has 0 amide bonds. The van der Waals surface area contributed by atoms with Crippen molar-refractivity contribution in [3.8, 4) is 11.1 Å².